The van der Waals surface area contributed by atoms with Gasteiger partial charge in [0.2, 0.25) is 0 Å². The highest BCUT2D eigenvalue weighted by atomic mass is 35.5. The van der Waals surface area contributed by atoms with E-state index in [2.05, 4.69) is 9.71 Å². The van der Waals surface area contributed by atoms with Crippen molar-refractivity contribution in [2.75, 3.05) is 4.72 Å². The molecule has 154 valence electrons. The van der Waals surface area contributed by atoms with Gasteiger partial charge in [0, 0.05) is 13.5 Å². The molecular weight excluding hydrogens is 425 g/mol. The number of nitrogens with one attached hydrogen (secondary N) is 1. The Kier molecular flexibility index (Phi) is 5.49. The van der Waals surface area contributed by atoms with E-state index in [-0.39, 0.29) is 9.92 Å². The summed E-state index contributed by atoms with van der Waals surface area (Å²) in [6, 6.07) is 18.4. The number of benzene rings is 3. The number of hydrogen-bond donors (Lipinski definition) is 1. The van der Waals surface area contributed by atoms with Gasteiger partial charge in [0.1, 0.15) is 11.6 Å². The number of aromatic nitrogens is 2. The van der Waals surface area contributed by atoms with Crippen LogP contribution in [0.2, 0.25) is 5.02 Å². The van der Waals surface area contributed by atoms with Crippen LogP contribution in [0.1, 0.15) is 11.4 Å². The molecule has 0 saturated heterocycles. The van der Waals surface area contributed by atoms with Crippen molar-refractivity contribution < 1.29 is 12.8 Å². The largest absolute Gasteiger partial charge is 0.331 e. The molecule has 4 aromatic rings. The molecule has 30 heavy (non-hydrogen) atoms. The van der Waals surface area contributed by atoms with Crippen molar-refractivity contribution in [1.29, 1.82) is 0 Å². The molecule has 0 fully saturated rings. The molecule has 0 unspecified atom stereocenters. The third-order valence-corrected chi connectivity index (χ3v) is 6.61. The third kappa shape index (κ3) is 4.04. The van der Waals surface area contributed by atoms with Crippen LogP contribution in [0.4, 0.5) is 10.1 Å². The Morgan fingerprint density at radius 1 is 1.03 bits per heavy atom. The molecule has 4 rings (SSSR count). The van der Waals surface area contributed by atoms with E-state index in [0.29, 0.717) is 18.5 Å². The van der Waals surface area contributed by atoms with E-state index >= 15 is 0 Å². The maximum absolute atomic E-state index is 13.4. The van der Waals surface area contributed by atoms with Crippen LogP contribution in [-0.2, 0) is 29.9 Å². The average Bonchev–Trinajstić information content (AvgIpc) is 3.05. The number of para-hydroxylation sites is 3. The predicted molar refractivity (Wildman–Crippen MR) is 117 cm³/mol. The van der Waals surface area contributed by atoms with E-state index in [1.807, 2.05) is 48.0 Å². The molecule has 8 heteroatoms. The first kappa shape index (κ1) is 20.4. The molecule has 5 nitrogen and oxygen atoms in total. The number of imidazole rings is 1. The first-order valence-electron chi connectivity index (χ1n) is 9.31. The van der Waals surface area contributed by atoms with Crippen molar-refractivity contribution in [3.8, 4) is 0 Å². The highest BCUT2D eigenvalue weighted by molar-refractivity contribution is 7.92. The third-order valence-electron chi connectivity index (χ3n) is 4.96. The summed E-state index contributed by atoms with van der Waals surface area (Å²) in [6.07, 6.45) is 1.24. The van der Waals surface area contributed by atoms with Crippen LogP contribution in [0, 0.1) is 5.82 Å². The van der Waals surface area contributed by atoms with E-state index in [1.54, 1.807) is 12.1 Å². The van der Waals surface area contributed by atoms with Gasteiger partial charge in [-0.15, -0.1) is 0 Å². The Morgan fingerprint density at radius 3 is 2.53 bits per heavy atom. The molecule has 0 amide bonds. The highest BCUT2D eigenvalue weighted by Crippen LogP contribution is 2.25. The van der Waals surface area contributed by atoms with Crippen molar-refractivity contribution in [2.45, 2.75) is 17.7 Å². The van der Waals surface area contributed by atoms with Gasteiger partial charge in [0.05, 0.1) is 26.6 Å². The van der Waals surface area contributed by atoms with E-state index in [1.165, 1.54) is 6.07 Å². The van der Waals surface area contributed by atoms with Gasteiger partial charge >= 0.3 is 0 Å². The molecule has 0 aliphatic rings. The summed E-state index contributed by atoms with van der Waals surface area (Å²) in [5, 5.41) is -0.243. The highest BCUT2D eigenvalue weighted by Gasteiger charge is 2.18. The van der Waals surface area contributed by atoms with Gasteiger partial charge in [-0.25, -0.2) is 17.8 Å². The number of aryl methyl sites for hydroxylation is 3. The maximum atomic E-state index is 13.4. The number of rotatable bonds is 6. The Hall–Kier alpha value is -2.90. The summed E-state index contributed by atoms with van der Waals surface area (Å²) < 4.78 is 43.5. The van der Waals surface area contributed by atoms with Crippen LogP contribution in [0.15, 0.2) is 71.6 Å². The Bertz CT molecular complexity index is 1340. The minimum atomic E-state index is -3.91. The topological polar surface area (TPSA) is 64.0 Å². The van der Waals surface area contributed by atoms with Crippen LogP contribution in [-0.4, -0.2) is 18.0 Å². The molecule has 1 heterocycles. The molecule has 0 saturated carbocycles. The number of sulfonamides is 1. The molecule has 3 aromatic carbocycles. The van der Waals surface area contributed by atoms with Crippen molar-refractivity contribution in [3.05, 3.63) is 89.0 Å². The molecule has 0 aliphatic heterocycles. The SMILES string of the molecule is Cn1c(CCc2ccccc2NS(=O)(=O)c2ccc(F)c(Cl)c2)nc2ccccc21. The maximum Gasteiger partial charge on any atom is 0.261 e. The molecule has 1 N–H and O–H groups in total. The summed E-state index contributed by atoms with van der Waals surface area (Å²) in [7, 11) is -1.94. The van der Waals surface area contributed by atoms with Crippen molar-refractivity contribution >= 4 is 38.3 Å². The van der Waals surface area contributed by atoms with Gasteiger partial charge in [-0.05, 0) is 48.4 Å². The zero-order chi connectivity index (χ0) is 21.3. The van der Waals surface area contributed by atoms with Gasteiger partial charge in [-0.2, -0.15) is 0 Å². The summed E-state index contributed by atoms with van der Waals surface area (Å²) >= 11 is 5.74. The van der Waals surface area contributed by atoms with Gasteiger partial charge in [-0.1, -0.05) is 41.9 Å². The monoisotopic (exact) mass is 443 g/mol. The van der Waals surface area contributed by atoms with Crippen LogP contribution in [0.5, 0.6) is 0 Å². The molecule has 1 aromatic heterocycles. The van der Waals surface area contributed by atoms with E-state index in [9.17, 15) is 12.8 Å². The molecular formula is C22H19ClFN3O2S. The zero-order valence-electron chi connectivity index (χ0n) is 16.1. The van der Waals surface area contributed by atoms with Gasteiger partial charge in [0.25, 0.3) is 10.0 Å². The first-order valence-corrected chi connectivity index (χ1v) is 11.2. The van der Waals surface area contributed by atoms with Crippen molar-refractivity contribution in [2.24, 2.45) is 7.05 Å². The Labute approximate surface area is 179 Å². The minimum Gasteiger partial charge on any atom is -0.331 e. The van der Waals surface area contributed by atoms with Gasteiger partial charge < -0.3 is 4.57 Å². The Balaban J connectivity index is 1.58. The standard InChI is InChI=1S/C22H19ClFN3O2S/c1-27-21-9-5-4-8-20(21)25-22(27)13-10-15-6-2-3-7-19(15)26-30(28,29)16-11-12-18(24)17(23)14-16/h2-9,11-12,14,26H,10,13H2,1H3. The molecule has 0 radical (unpaired) electrons. The normalized spacial score (nSPS) is 11.7. The lowest BCUT2D eigenvalue weighted by Crippen LogP contribution is -2.14. The average molecular weight is 444 g/mol. The van der Waals surface area contributed by atoms with E-state index < -0.39 is 15.8 Å². The molecule has 0 aliphatic carbocycles. The lowest BCUT2D eigenvalue weighted by Gasteiger charge is -2.13. The lowest BCUT2D eigenvalue weighted by atomic mass is 10.1. The second kappa shape index (κ2) is 8.08. The lowest BCUT2D eigenvalue weighted by molar-refractivity contribution is 0.599. The minimum absolute atomic E-state index is 0.0981. The zero-order valence-corrected chi connectivity index (χ0v) is 17.7. The summed E-state index contributed by atoms with van der Waals surface area (Å²) in [4.78, 5) is 4.57. The van der Waals surface area contributed by atoms with Crippen LogP contribution >= 0.6 is 11.6 Å². The quantitative estimate of drug-likeness (QED) is 0.458. The predicted octanol–water partition coefficient (Wildman–Crippen LogP) is 4.95. The van der Waals surface area contributed by atoms with Crippen LogP contribution in [0.25, 0.3) is 11.0 Å². The fourth-order valence-corrected chi connectivity index (χ4v) is 4.72. The second-order valence-electron chi connectivity index (χ2n) is 6.91. The number of nitrogens with zero attached hydrogens (tertiary/aromatic N) is 2. The van der Waals surface area contributed by atoms with Crippen molar-refractivity contribution in [1.82, 2.24) is 9.55 Å². The van der Waals surface area contributed by atoms with Crippen LogP contribution in [0.3, 0.4) is 0 Å². The summed E-state index contributed by atoms with van der Waals surface area (Å²) in [6.45, 7) is 0. The number of halogens is 2. The number of fused-ring (bicyclic) bond motifs is 1. The smallest absolute Gasteiger partial charge is 0.261 e. The Morgan fingerprint density at radius 2 is 1.77 bits per heavy atom. The molecule has 0 bridgehead atoms. The van der Waals surface area contributed by atoms with Crippen LogP contribution < -0.4 is 4.72 Å². The molecule has 0 atom stereocenters. The number of hydrogen-bond acceptors (Lipinski definition) is 3. The van der Waals surface area contributed by atoms with Gasteiger partial charge in [-0.3, -0.25) is 4.72 Å². The number of anilines is 1. The van der Waals surface area contributed by atoms with Crippen molar-refractivity contribution in [3.63, 3.8) is 0 Å². The van der Waals surface area contributed by atoms with E-state index in [0.717, 1.165) is 34.6 Å². The molecule has 0 spiro atoms. The second-order valence-corrected chi connectivity index (χ2v) is 9.00. The first-order chi connectivity index (χ1) is 14.3. The fourth-order valence-electron chi connectivity index (χ4n) is 3.35. The summed E-state index contributed by atoms with van der Waals surface area (Å²) in [5.74, 6) is 0.248. The van der Waals surface area contributed by atoms with Gasteiger partial charge in [0.15, 0.2) is 0 Å². The summed E-state index contributed by atoms with van der Waals surface area (Å²) in [5.41, 5.74) is 3.28. The fraction of sp³-hybridized carbons (Fsp3) is 0.136. The van der Waals surface area contributed by atoms with E-state index in [4.69, 9.17) is 11.6 Å².